The monoisotopic (exact) mass is 336 g/mol. The first-order valence-electron chi connectivity index (χ1n) is 7.98. The third kappa shape index (κ3) is 3.83. The van der Waals surface area contributed by atoms with Gasteiger partial charge in [0.05, 0.1) is 0 Å². The minimum atomic E-state index is -4.51. The summed E-state index contributed by atoms with van der Waals surface area (Å²) in [6, 6.07) is 4.56. The van der Waals surface area contributed by atoms with Gasteiger partial charge in [0.15, 0.2) is 11.5 Å². The fourth-order valence-electron chi connectivity index (χ4n) is 2.57. The Bertz CT molecular complexity index is 697. The Hall–Kier alpha value is -2.18. The first-order valence-corrected chi connectivity index (χ1v) is 7.98. The van der Waals surface area contributed by atoms with Crippen LogP contribution in [0.15, 0.2) is 30.6 Å². The largest absolute Gasteiger partial charge is 0.433 e. The predicted molar refractivity (Wildman–Crippen MR) is 85.5 cm³/mol. The van der Waals surface area contributed by atoms with Crippen LogP contribution in [0.1, 0.15) is 32.4 Å². The molecule has 7 heteroatoms. The number of alkyl halides is 3. The molecule has 2 heterocycles. The Morgan fingerprint density at radius 3 is 2.38 bits per heavy atom. The van der Waals surface area contributed by atoms with Crippen LogP contribution in [-0.2, 0) is 6.18 Å². The normalized spacial score (nSPS) is 14.9. The molecule has 0 spiro atoms. The molecular weight excluding hydrogens is 317 g/mol. The summed E-state index contributed by atoms with van der Waals surface area (Å²) in [5.74, 6) is 0.760. The maximum atomic E-state index is 13.3. The highest BCUT2D eigenvalue weighted by Crippen LogP contribution is 2.36. The van der Waals surface area contributed by atoms with Crippen LogP contribution in [0.5, 0.6) is 0 Å². The van der Waals surface area contributed by atoms with E-state index in [4.69, 9.17) is 0 Å². The SMILES string of the molecule is CC(C)CN(c1cc(C(F)(F)F)nc(-c2ccncc2)n1)C1CC1. The van der Waals surface area contributed by atoms with Crippen molar-refractivity contribution in [1.82, 2.24) is 15.0 Å². The van der Waals surface area contributed by atoms with E-state index in [-0.39, 0.29) is 11.9 Å². The van der Waals surface area contributed by atoms with Crippen LogP contribution in [0.3, 0.4) is 0 Å². The molecule has 1 aliphatic rings. The smallest absolute Gasteiger partial charge is 0.353 e. The summed E-state index contributed by atoms with van der Waals surface area (Å²) in [5, 5.41) is 0. The van der Waals surface area contributed by atoms with Crippen molar-refractivity contribution in [2.45, 2.75) is 38.9 Å². The average Bonchev–Trinajstić information content (AvgIpc) is 3.37. The van der Waals surface area contributed by atoms with E-state index in [1.807, 2.05) is 18.7 Å². The zero-order valence-electron chi connectivity index (χ0n) is 13.6. The van der Waals surface area contributed by atoms with E-state index in [0.29, 0.717) is 23.8 Å². The molecule has 0 unspecified atom stereocenters. The van der Waals surface area contributed by atoms with Gasteiger partial charge in [-0.05, 0) is 30.9 Å². The van der Waals surface area contributed by atoms with Gasteiger partial charge in [0.25, 0.3) is 0 Å². The highest BCUT2D eigenvalue weighted by molar-refractivity contribution is 5.58. The topological polar surface area (TPSA) is 41.9 Å². The van der Waals surface area contributed by atoms with Crippen molar-refractivity contribution < 1.29 is 13.2 Å². The Labute approximate surface area is 138 Å². The van der Waals surface area contributed by atoms with E-state index in [0.717, 1.165) is 18.9 Å². The molecule has 3 rings (SSSR count). The Morgan fingerprint density at radius 1 is 1.17 bits per heavy atom. The van der Waals surface area contributed by atoms with E-state index >= 15 is 0 Å². The molecule has 1 fully saturated rings. The number of aromatic nitrogens is 3. The zero-order valence-corrected chi connectivity index (χ0v) is 13.6. The van der Waals surface area contributed by atoms with Crippen molar-refractivity contribution in [3.63, 3.8) is 0 Å². The van der Waals surface area contributed by atoms with Crippen molar-refractivity contribution in [2.75, 3.05) is 11.4 Å². The highest BCUT2D eigenvalue weighted by atomic mass is 19.4. The van der Waals surface area contributed by atoms with E-state index < -0.39 is 11.9 Å². The highest BCUT2D eigenvalue weighted by Gasteiger charge is 2.36. The van der Waals surface area contributed by atoms with Crippen LogP contribution < -0.4 is 4.90 Å². The lowest BCUT2D eigenvalue weighted by Gasteiger charge is -2.26. The number of rotatable bonds is 5. The molecule has 4 nitrogen and oxygen atoms in total. The van der Waals surface area contributed by atoms with Crippen molar-refractivity contribution in [2.24, 2.45) is 5.92 Å². The second-order valence-corrected chi connectivity index (χ2v) is 6.45. The van der Waals surface area contributed by atoms with Gasteiger partial charge in [0.1, 0.15) is 5.82 Å². The quantitative estimate of drug-likeness (QED) is 0.821. The molecule has 128 valence electrons. The van der Waals surface area contributed by atoms with Gasteiger partial charge in [-0.3, -0.25) is 4.98 Å². The summed E-state index contributed by atoms with van der Waals surface area (Å²) in [6.45, 7) is 4.77. The second kappa shape index (κ2) is 6.37. The number of nitrogens with zero attached hydrogens (tertiary/aromatic N) is 4. The first-order chi connectivity index (χ1) is 11.3. The molecular formula is C17H19F3N4. The number of halogens is 3. The average molecular weight is 336 g/mol. The third-order valence-electron chi connectivity index (χ3n) is 3.79. The maximum Gasteiger partial charge on any atom is 0.433 e. The van der Waals surface area contributed by atoms with Crippen molar-refractivity contribution in [3.05, 3.63) is 36.3 Å². The molecule has 0 bridgehead atoms. The van der Waals surface area contributed by atoms with Gasteiger partial charge in [0, 0.05) is 36.6 Å². The van der Waals surface area contributed by atoms with Crippen LogP contribution in [0.2, 0.25) is 0 Å². The molecule has 1 aliphatic carbocycles. The molecule has 2 aromatic heterocycles. The molecule has 0 amide bonds. The summed E-state index contributed by atoms with van der Waals surface area (Å²) in [7, 11) is 0. The van der Waals surface area contributed by atoms with E-state index in [9.17, 15) is 13.2 Å². The Kier molecular flexibility index (Phi) is 4.43. The number of hydrogen-bond acceptors (Lipinski definition) is 4. The van der Waals surface area contributed by atoms with Crippen molar-refractivity contribution in [3.8, 4) is 11.4 Å². The van der Waals surface area contributed by atoms with Crippen LogP contribution in [-0.4, -0.2) is 27.5 Å². The van der Waals surface area contributed by atoms with Gasteiger partial charge in [0.2, 0.25) is 0 Å². The first kappa shape index (κ1) is 16.7. The molecule has 2 aromatic rings. The van der Waals surface area contributed by atoms with Gasteiger partial charge in [-0.1, -0.05) is 13.8 Å². The van der Waals surface area contributed by atoms with Crippen molar-refractivity contribution in [1.29, 1.82) is 0 Å². The minimum absolute atomic E-state index is 0.0802. The zero-order chi connectivity index (χ0) is 17.3. The van der Waals surface area contributed by atoms with Crippen LogP contribution >= 0.6 is 0 Å². The summed E-state index contributed by atoms with van der Waals surface area (Å²) >= 11 is 0. The Morgan fingerprint density at radius 2 is 1.83 bits per heavy atom. The number of anilines is 1. The van der Waals surface area contributed by atoms with E-state index in [1.54, 1.807) is 12.1 Å². The minimum Gasteiger partial charge on any atom is -0.353 e. The molecule has 0 N–H and O–H groups in total. The summed E-state index contributed by atoms with van der Waals surface area (Å²) < 4.78 is 39.9. The Balaban J connectivity index is 2.07. The fraction of sp³-hybridized carbons (Fsp3) is 0.471. The molecule has 1 saturated carbocycles. The lowest BCUT2D eigenvalue weighted by atomic mass is 10.2. The van der Waals surface area contributed by atoms with Gasteiger partial charge in [-0.2, -0.15) is 13.2 Å². The third-order valence-corrected chi connectivity index (χ3v) is 3.79. The van der Waals surface area contributed by atoms with Gasteiger partial charge < -0.3 is 4.90 Å². The molecule has 0 aromatic carbocycles. The molecule has 0 atom stereocenters. The standard InChI is InChI=1S/C17H19F3N4/c1-11(2)10-24(13-3-4-13)15-9-14(17(18,19)20)22-16(23-15)12-5-7-21-8-6-12/h5-9,11,13H,3-4,10H2,1-2H3. The van der Waals surface area contributed by atoms with Crippen molar-refractivity contribution >= 4 is 5.82 Å². The molecule has 0 radical (unpaired) electrons. The predicted octanol–water partition coefficient (Wildman–Crippen LogP) is 4.18. The molecule has 0 saturated heterocycles. The second-order valence-electron chi connectivity index (χ2n) is 6.45. The summed E-state index contributed by atoms with van der Waals surface area (Å²) in [5.41, 5.74) is -0.383. The summed E-state index contributed by atoms with van der Waals surface area (Å²) in [4.78, 5) is 14.0. The number of pyridine rings is 1. The van der Waals surface area contributed by atoms with Crippen LogP contribution in [0.25, 0.3) is 11.4 Å². The van der Waals surface area contributed by atoms with Gasteiger partial charge in [-0.25, -0.2) is 9.97 Å². The van der Waals surface area contributed by atoms with Gasteiger partial charge >= 0.3 is 6.18 Å². The summed E-state index contributed by atoms with van der Waals surface area (Å²) in [6.07, 6.45) is 0.509. The van der Waals surface area contributed by atoms with Gasteiger partial charge in [-0.15, -0.1) is 0 Å². The lowest BCUT2D eigenvalue weighted by molar-refractivity contribution is -0.141. The number of hydrogen-bond donors (Lipinski definition) is 0. The van der Waals surface area contributed by atoms with E-state index in [2.05, 4.69) is 15.0 Å². The molecule has 24 heavy (non-hydrogen) atoms. The fourth-order valence-corrected chi connectivity index (χ4v) is 2.57. The van der Waals surface area contributed by atoms with Crippen LogP contribution in [0.4, 0.5) is 19.0 Å². The van der Waals surface area contributed by atoms with Crippen LogP contribution in [0, 0.1) is 5.92 Å². The molecule has 0 aliphatic heterocycles. The van der Waals surface area contributed by atoms with E-state index in [1.165, 1.54) is 12.4 Å². The maximum absolute atomic E-state index is 13.3. The lowest BCUT2D eigenvalue weighted by Crippen LogP contribution is -2.31.